The molecule has 6 heteroatoms. The molecule has 0 bridgehead atoms. The first kappa shape index (κ1) is 35.5. The molecule has 0 radical (unpaired) electrons. The normalized spacial score (nSPS) is 11.5. The van der Waals surface area contributed by atoms with E-state index in [0.29, 0.717) is 5.82 Å². The number of aromatic nitrogens is 6. The Kier molecular flexibility index (Phi) is 8.38. The molecule has 288 valence electrons. The molecule has 0 aliphatic rings. The van der Waals surface area contributed by atoms with Gasteiger partial charge in [0.15, 0.2) is 5.82 Å². The van der Waals surface area contributed by atoms with E-state index in [1.807, 2.05) is 72.9 Å². The van der Waals surface area contributed by atoms with Gasteiger partial charge in [0.2, 0.25) is 0 Å². The molecule has 0 amide bonds. The molecular formula is C56H34N6. The molecule has 12 aromatic rings. The van der Waals surface area contributed by atoms with Crippen molar-refractivity contribution in [1.29, 1.82) is 0 Å². The fourth-order valence-electron chi connectivity index (χ4n) is 8.40. The third kappa shape index (κ3) is 6.47. The lowest BCUT2D eigenvalue weighted by atomic mass is 9.99. The Morgan fingerprint density at radius 1 is 0.242 bits per heavy atom. The van der Waals surface area contributed by atoms with Crippen LogP contribution in [-0.4, -0.2) is 29.9 Å². The van der Waals surface area contributed by atoms with Crippen LogP contribution in [-0.2, 0) is 0 Å². The van der Waals surface area contributed by atoms with Crippen LogP contribution in [0.1, 0.15) is 0 Å². The maximum absolute atomic E-state index is 5.19. The van der Waals surface area contributed by atoms with Gasteiger partial charge in [-0.05, 0) is 76.5 Å². The highest BCUT2D eigenvalue weighted by Crippen LogP contribution is 2.33. The summed E-state index contributed by atoms with van der Waals surface area (Å²) in [6.45, 7) is 0. The van der Waals surface area contributed by atoms with Gasteiger partial charge in [0.05, 0.1) is 50.5 Å². The summed E-state index contributed by atoms with van der Waals surface area (Å²) in [7, 11) is 0. The second kappa shape index (κ2) is 14.7. The van der Waals surface area contributed by atoms with Crippen molar-refractivity contribution >= 4 is 54.4 Å². The van der Waals surface area contributed by atoms with E-state index in [0.717, 1.165) is 116 Å². The number of nitrogens with zero attached hydrogens (tertiary/aromatic N) is 6. The lowest BCUT2D eigenvalue weighted by Gasteiger charge is -2.10. The summed E-state index contributed by atoms with van der Waals surface area (Å²) < 4.78 is 0. The number of rotatable bonds is 6. The zero-order valence-corrected chi connectivity index (χ0v) is 33.3. The molecule has 0 N–H and O–H groups in total. The molecule has 0 fully saturated rings. The fourth-order valence-corrected chi connectivity index (χ4v) is 8.40. The molecule has 6 nitrogen and oxygen atoms in total. The molecule has 0 aliphatic carbocycles. The van der Waals surface area contributed by atoms with Crippen LogP contribution in [0.25, 0.3) is 122 Å². The zero-order chi connectivity index (χ0) is 41.0. The SMILES string of the molecule is c1ccc(-c2cc(-c3ccc4ccc(-c5ccc6ccc(-c7ccc8cc(-c9ccc%10ccc%11cccnc%11c%10n9)ccc8c7)nc6c5)cc4n3)nc(-c3ccccc3)n2)cc1. The molecule has 0 unspecified atom stereocenters. The average Bonchev–Trinajstić information content (AvgIpc) is 3.35. The van der Waals surface area contributed by atoms with E-state index in [9.17, 15) is 0 Å². The number of pyridine rings is 4. The Morgan fingerprint density at radius 3 is 1.42 bits per heavy atom. The molecule has 62 heavy (non-hydrogen) atoms. The minimum Gasteiger partial charge on any atom is -0.254 e. The van der Waals surface area contributed by atoms with E-state index in [2.05, 4.69) is 138 Å². The largest absolute Gasteiger partial charge is 0.254 e. The number of hydrogen-bond acceptors (Lipinski definition) is 6. The predicted octanol–water partition coefficient (Wildman–Crippen LogP) is 13.8. The molecular weight excluding hydrogens is 757 g/mol. The summed E-state index contributed by atoms with van der Waals surface area (Å²) in [6.07, 6.45) is 1.83. The molecule has 5 aromatic heterocycles. The summed E-state index contributed by atoms with van der Waals surface area (Å²) in [6, 6.07) is 69.3. The van der Waals surface area contributed by atoms with E-state index < -0.39 is 0 Å². The highest BCUT2D eigenvalue weighted by molar-refractivity contribution is 6.03. The van der Waals surface area contributed by atoms with Gasteiger partial charge in [0.25, 0.3) is 0 Å². The Bertz CT molecular complexity index is 3640. The van der Waals surface area contributed by atoms with Gasteiger partial charge in [-0.2, -0.15) is 0 Å². The van der Waals surface area contributed by atoms with Gasteiger partial charge in [0, 0.05) is 50.0 Å². The smallest absolute Gasteiger partial charge is 0.160 e. The first-order chi connectivity index (χ1) is 30.6. The summed E-state index contributed by atoms with van der Waals surface area (Å²) in [5.41, 5.74) is 14.2. The number of fused-ring (bicyclic) bond motifs is 6. The van der Waals surface area contributed by atoms with E-state index in [1.54, 1.807) is 0 Å². The van der Waals surface area contributed by atoms with Gasteiger partial charge in [-0.1, -0.05) is 146 Å². The van der Waals surface area contributed by atoms with Gasteiger partial charge in [-0.25, -0.2) is 24.9 Å². The molecule has 0 spiro atoms. The summed E-state index contributed by atoms with van der Waals surface area (Å²) in [5, 5.41) is 6.61. The van der Waals surface area contributed by atoms with Crippen LogP contribution < -0.4 is 0 Å². The zero-order valence-electron chi connectivity index (χ0n) is 33.3. The van der Waals surface area contributed by atoms with Crippen molar-refractivity contribution in [2.45, 2.75) is 0 Å². The minimum atomic E-state index is 0.667. The molecule has 12 rings (SSSR count). The van der Waals surface area contributed by atoms with E-state index >= 15 is 0 Å². The number of benzene rings is 7. The molecule has 0 saturated heterocycles. The maximum atomic E-state index is 5.19. The van der Waals surface area contributed by atoms with Gasteiger partial charge in [-0.15, -0.1) is 0 Å². The molecule has 0 saturated carbocycles. The van der Waals surface area contributed by atoms with E-state index in [4.69, 9.17) is 24.9 Å². The monoisotopic (exact) mass is 790 g/mol. The Balaban J connectivity index is 0.862. The first-order valence-corrected chi connectivity index (χ1v) is 20.7. The summed E-state index contributed by atoms with van der Waals surface area (Å²) in [5.74, 6) is 0.667. The van der Waals surface area contributed by atoms with Crippen LogP contribution in [0.4, 0.5) is 0 Å². The fraction of sp³-hybridized carbons (Fsp3) is 0. The second-order valence-electron chi connectivity index (χ2n) is 15.6. The highest BCUT2D eigenvalue weighted by atomic mass is 14.9. The van der Waals surface area contributed by atoms with Crippen molar-refractivity contribution in [3.63, 3.8) is 0 Å². The summed E-state index contributed by atoms with van der Waals surface area (Å²) >= 11 is 0. The quantitative estimate of drug-likeness (QED) is 0.156. The summed E-state index contributed by atoms with van der Waals surface area (Å²) in [4.78, 5) is 30.1. The minimum absolute atomic E-state index is 0.667. The third-order valence-electron chi connectivity index (χ3n) is 11.7. The van der Waals surface area contributed by atoms with Crippen molar-refractivity contribution in [3.8, 4) is 67.7 Å². The Hall–Kier alpha value is -8.48. The topological polar surface area (TPSA) is 77.3 Å². The van der Waals surface area contributed by atoms with E-state index in [1.165, 1.54) is 0 Å². The molecule has 0 aliphatic heterocycles. The Morgan fingerprint density at radius 2 is 0.742 bits per heavy atom. The first-order valence-electron chi connectivity index (χ1n) is 20.7. The van der Waals surface area contributed by atoms with Crippen LogP contribution in [0.15, 0.2) is 206 Å². The lowest BCUT2D eigenvalue weighted by Crippen LogP contribution is -1.97. The maximum Gasteiger partial charge on any atom is 0.160 e. The lowest BCUT2D eigenvalue weighted by molar-refractivity contribution is 1.17. The highest BCUT2D eigenvalue weighted by Gasteiger charge is 2.14. The van der Waals surface area contributed by atoms with Crippen LogP contribution in [0, 0.1) is 0 Å². The van der Waals surface area contributed by atoms with Crippen molar-refractivity contribution in [1.82, 2.24) is 29.9 Å². The second-order valence-corrected chi connectivity index (χ2v) is 15.6. The third-order valence-corrected chi connectivity index (χ3v) is 11.7. The van der Waals surface area contributed by atoms with Crippen molar-refractivity contribution in [2.75, 3.05) is 0 Å². The van der Waals surface area contributed by atoms with Gasteiger partial charge in [-0.3, -0.25) is 4.98 Å². The van der Waals surface area contributed by atoms with Crippen LogP contribution in [0.3, 0.4) is 0 Å². The Labute approximate surface area is 357 Å². The van der Waals surface area contributed by atoms with Crippen molar-refractivity contribution in [2.24, 2.45) is 0 Å². The number of hydrogen-bond donors (Lipinski definition) is 0. The average molecular weight is 791 g/mol. The standard InChI is InChI=1S/C56H34N6/c1-3-8-35(9-4-1)52-34-53(62-56(61-52)40-10-5-2-6-11-40)49-28-24-37-14-18-44(33-51(37)59-49)43-17-13-36-23-26-47(58-50(36)32-43)45-21-19-42-31-46(22-20-41(42)30-45)48-27-25-39-16-15-38-12-7-29-57-54(38)55(39)60-48/h1-34H. The van der Waals surface area contributed by atoms with Crippen LogP contribution in [0.2, 0.25) is 0 Å². The van der Waals surface area contributed by atoms with Gasteiger partial charge < -0.3 is 0 Å². The van der Waals surface area contributed by atoms with Crippen LogP contribution in [0.5, 0.6) is 0 Å². The van der Waals surface area contributed by atoms with Gasteiger partial charge in [0.1, 0.15) is 0 Å². The van der Waals surface area contributed by atoms with Gasteiger partial charge >= 0.3 is 0 Å². The van der Waals surface area contributed by atoms with E-state index in [-0.39, 0.29) is 0 Å². The van der Waals surface area contributed by atoms with Crippen LogP contribution >= 0.6 is 0 Å². The van der Waals surface area contributed by atoms with Crippen molar-refractivity contribution < 1.29 is 0 Å². The molecule has 7 aromatic carbocycles. The predicted molar refractivity (Wildman–Crippen MR) is 253 cm³/mol. The van der Waals surface area contributed by atoms with Crippen molar-refractivity contribution in [3.05, 3.63) is 206 Å². The molecule has 0 atom stereocenters. The molecule has 5 heterocycles.